The average Bonchev–Trinajstić information content (AvgIpc) is 3.02. The molecule has 0 aliphatic carbocycles. The van der Waals surface area contributed by atoms with Crippen LogP contribution in [0.15, 0.2) is 18.5 Å². The van der Waals surface area contributed by atoms with E-state index in [9.17, 15) is 4.79 Å². The predicted octanol–water partition coefficient (Wildman–Crippen LogP) is 1.35. The van der Waals surface area contributed by atoms with Gasteiger partial charge in [0, 0.05) is 25.4 Å². The molecule has 0 spiro atoms. The van der Waals surface area contributed by atoms with Crippen molar-refractivity contribution < 1.29 is 4.79 Å². The van der Waals surface area contributed by atoms with Gasteiger partial charge in [-0.25, -0.2) is 0 Å². The van der Waals surface area contributed by atoms with Crippen molar-refractivity contribution in [2.45, 2.75) is 32.7 Å². The van der Waals surface area contributed by atoms with Crippen LogP contribution >= 0.6 is 11.3 Å². The van der Waals surface area contributed by atoms with Crippen LogP contribution in [0.2, 0.25) is 0 Å². The molecule has 2 aromatic rings. The number of aryl methyl sites for hydroxylation is 1. The van der Waals surface area contributed by atoms with Crippen molar-refractivity contribution in [2.24, 2.45) is 0 Å². The average molecular weight is 279 g/mol. The molecule has 19 heavy (non-hydrogen) atoms. The third-order valence-corrected chi connectivity index (χ3v) is 3.64. The summed E-state index contributed by atoms with van der Waals surface area (Å²) in [5.74, 6) is -0.00700. The molecule has 0 bridgehead atoms. The quantitative estimate of drug-likeness (QED) is 0.866. The van der Waals surface area contributed by atoms with Crippen molar-refractivity contribution in [2.75, 3.05) is 6.54 Å². The van der Waals surface area contributed by atoms with Crippen LogP contribution in [0, 0.1) is 6.92 Å². The Morgan fingerprint density at radius 2 is 2.37 bits per heavy atom. The van der Waals surface area contributed by atoms with Crippen LogP contribution in [0.4, 0.5) is 0 Å². The van der Waals surface area contributed by atoms with E-state index in [1.807, 2.05) is 26.1 Å². The monoisotopic (exact) mass is 279 g/mol. The first-order valence-corrected chi connectivity index (χ1v) is 7.08. The number of aromatic nitrogens is 4. The van der Waals surface area contributed by atoms with Crippen molar-refractivity contribution in [3.8, 4) is 0 Å². The van der Waals surface area contributed by atoms with Gasteiger partial charge in [-0.1, -0.05) is 6.92 Å². The molecule has 7 heteroatoms. The van der Waals surface area contributed by atoms with Gasteiger partial charge in [0.1, 0.15) is 16.1 Å². The molecule has 0 aliphatic rings. The zero-order valence-corrected chi connectivity index (χ0v) is 11.9. The minimum absolute atomic E-state index is 0.00700. The first-order chi connectivity index (χ1) is 9.20. The number of nitrogens with one attached hydrogen (secondary N) is 1. The molecular formula is C12H17N5OS. The molecule has 2 heterocycles. The van der Waals surface area contributed by atoms with E-state index in [0.29, 0.717) is 19.4 Å². The number of carbonyl (C=O) groups excluding carboxylic acids is 1. The molecule has 0 saturated heterocycles. The standard InChI is InChI=1S/C12H17N5OS/c1-3-10(17-8-4-6-14-17)12(18)13-7-5-11-16-15-9(2)19-11/h4,6,8,10H,3,5,7H2,1-2H3,(H,13,18)/t10-/m1/s1. The number of rotatable bonds is 6. The maximum atomic E-state index is 12.1. The van der Waals surface area contributed by atoms with Crippen LogP contribution in [-0.2, 0) is 11.2 Å². The van der Waals surface area contributed by atoms with E-state index in [1.165, 1.54) is 0 Å². The highest BCUT2D eigenvalue weighted by molar-refractivity contribution is 7.11. The van der Waals surface area contributed by atoms with Gasteiger partial charge in [0.25, 0.3) is 0 Å². The Morgan fingerprint density at radius 3 is 2.95 bits per heavy atom. The molecule has 2 aromatic heterocycles. The molecule has 102 valence electrons. The molecule has 6 nitrogen and oxygen atoms in total. The van der Waals surface area contributed by atoms with Crippen LogP contribution in [0.1, 0.15) is 29.4 Å². The maximum absolute atomic E-state index is 12.1. The summed E-state index contributed by atoms with van der Waals surface area (Å²) in [7, 11) is 0. The Hall–Kier alpha value is -1.76. The van der Waals surface area contributed by atoms with Crippen LogP contribution in [-0.4, -0.2) is 32.4 Å². The van der Waals surface area contributed by atoms with E-state index >= 15 is 0 Å². The summed E-state index contributed by atoms with van der Waals surface area (Å²) in [6.07, 6.45) is 4.92. The number of carbonyl (C=O) groups is 1. The zero-order chi connectivity index (χ0) is 13.7. The first kappa shape index (κ1) is 13.7. The fourth-order valence-electron chi connectivity index (χ4n) is 1.81. The summed E-state index contributed by atoms with van der Waals surface area (Å²) < 4.78 is 1.68. The fraction of sp³-hybridized carbons (Fsp3) is 0.500. The smallest absolute Gasteiger partial charge is 0.244 e. The lowest BCUT2D eigenvalue weighted by Crippen LogP contribution is -2.33. The van der Waals surface area contributed by atoms with Gasteiger partial charge in [0.2, 0.25) is 5.91 Å². The van der Waals surface area contributed by atoms with Gasteiger partial charge >= 0.3 is 0 Å². The molecule has 0 unspecified atom stereocenters. The molecular weight excluding hydrogens is 262 g/mol. The second-order valence-electron chi connectivity index (χ2n) is 4.17. The third kappa shape index (κ3) is 3.60. The number of amides is 1. The van der Waals surface area contributed by atoms with E-state index in [2.05, 4.69) is 20.6 Å². The maximum Gasteiger partial charge on any atom is 0.244 e. The zero-order valence-electron chi connectivity index (χ0n) is 11.0. The van der Waals surface area contributed by atoms with Crippen LogP contribution in [0.3, 0.4) is 0 Å². The Balaban J connectivity index is 1.83. The molecule has 0 saturated carbocycles. The SMILES string of the molecule is CC[C@H](C(=O)NCCc1nnc(C)s1)n1cccn1. The molecule has 2 rings (SSSR count). The summed E-state index contributed by atoms with van der Waals surface area (Å²) >= 11 is 1.56. The van der Waals surface area contributed by atoms with Crippen molar-refractivity contribution in [1.82, 2.24) is 25.3 Å². The summed E-state index contributed by atoms with van der Waals surface area (Å²) in [5.41, 5.74) is 0. The lowest BCUT2D eigenvalue weighted by Gasteiger charge is -2.15. The minimum atomic E-state index is -0.244. The van der Waals surface area contributed by atoms with E-state index in [1.54, 1.807) is 22.2 Å². The van der Waals surface area contributed by atoms with Crippen molar-refractivity contribution in [1.29, 1.82) is 0 Å². The number of hydrogen-bond donors (Lipinski definition) is 1. The Morgan fingerprint density at radius 1 is 1.53 bits per heavy atom. The predicted molar refractivity (Wildman–Crippen MR) is 72.9 cm³/mol. The van der Waals surface area contributed by atoms with Gasteiger partial charge < -0.3 is 5.32 Å². The van der Waals surface area contributed by atoms with Crippen molar-refractivity contribution in [3.05, 3.63) is 28.5 Å². The molecule has 0 radical (unpaired) electrons. The minimum Gasteiger partial charge on any atom is -0.354 e. The largest absolute Gasteiger partial charge is 0.354 e. The third-order valence-electron chi connectivity index (χ3n) is 2.74. The number of nitrogens with zero attached hydrogens (tertiary/aromatic N) is 4. The van der Waals surface area contributed by atoms with Crippen molar-refractivity contribution >= 4 is 17.2 Å². The molecule has 0 aromatic carbocycles. The first-order valence-electron chi connectivity index (χ1n) is 6.26. The summed E-state index contributed by atoms with van der Waals surface area (Å²) in [6.45, 7) is 4.47. The van der Waals surface area contributed by atoms with Gasteiger partial charge in [0.05, 0.1) is 0 Å². The summed E-state index contributed by atoms with van der Waals surface area (Å²) in [5, 5.41) is 16.9. The lowest BCUT2D eigenvalue weighted by molar-refractivity contribution is -0.124. The fourth-order valence-corrected chi connectivity index (χ4v) is 2.51. The van der Waals surface area contributed by atoms with Crippen LogP contribution < -0.4 is 5.32 Å². The van der Waals surface area contributed by atoms with E-state index in [4.69, 9.17) is 0 Å². The number of hydrogen-bond acceptors (Lipinski definition) is 5. The van der Waals surface area contributed by atoms with Gasteiger partial charge in [-0.05, 0) is 19.4 Å². The van der Waals surface area contributed by atoms with Gasteiger partial charge in [-0.15, -0.1) is 21.5 Å². The summed E-state index contributed by atoms with van der Waals surface area (Å²) in [4.78, 5) is 12.1. The second kappa shape index (κ2) is 6.42. The highest BCUT2D eigenvalue weighted by Crippen LogP contribution is 2.10. The Bertz CT molecular complexity index is 522. The summed E-state index contributed by atoms with van der Waals surface area (Å²) in [6, 6.07) is 1.58. The van der Waals surface area contributed by atoms with E-state index in [-0.39, 0.29) is 11.9 Å². The molecule has 1 atom stereocenters. The van der Waals surface area contributed by atoms with E-state index < -0.39 is 0 Å². The Labute approximate surface area is 115 Å². The topological polar surface area (TPSA) is 72.7 Å². The molecule has 1 amide bonds. The van der Waals surface area contributed by atoms with Crippen LogP contribution in [0.25, 0.3) is 0 Å². The highest BCUT2D eigenvalue weighted by Gasteiger charge is 2.17. The second-order valence-corrected chi connectivity index (χ2v) is 5.43. The normalized spacial score (nSPS) is 12.3. The van der Waals surface area contributed by atoms with E-state index in [0.717, 1.165) is 10.0 Å². The Kier molecular flexibility index (Phi) is 4.62. The van der Waals surface area contributed by atoms with Gasteiger partial charge in [-0.2, -0.15) is 5.10 Å². The molecule has 0 fully saturated rings. The highest BCUT2D eigenvalue weighted by atomic mass is 32.1. The van der Waals surface area contributed by atoms with Crippen molar-refractivity contribution in [3.63, 3.8) is 0 Å². The molecule has 1 N–H and O–H groups in total. The lowest BCUT2D eigenvalue weighted by atomic mass is 10.2. The molecule has 0 aliphatic heterocycles. The van der Waals surface area contributed by atoms with Gasteiger partial charge in [-0.3, -0.25) is 9.48 Å². The van der Waals surface area contributed by atoms with Gasteiger partial charge in [0.15, 0.2) is 0 Å². The van der Waals surface area contributed by atoms with Crippen LogP contribution in [0.5, 0.6) is 0 Å².